The molecule has 23 heavy (non-hydrogen) atoms. The molecule has 1 saturated carbocycles. The van der Waals surface area contributed by atoms with Gasteiger partial charge in [0.2, 0.25) is 0 Å². The summed E-state index contributed by atoms with van der Waals surface area (Å²) in [5.74, 6) is -0.305. The maximum Gasteiger partial charge on any atom is 0.276 e. The van der Waals surface area contributed by atoms with Gasteiger partial charge in [0.25, 0.3) is 5.91 Å². The van der Waals surface area contributed by atoms with Crippen LogP contribution in [0.5, 0.6) is 0 Å². The molecule has 1 amide bonds. The Bertz CT molecular complexity index is 851. The first-order valence-corrected chi connectivity index (χ1v) is 7.35. The van der Waals surface area contributed by atoms with E-state index in [2.05, 4.69) is 20.5 Å². The van der Waals surface area contributed by atoms with Crippen LogP contribution >= 0.6 is 0 Å². The molecule has 1 aliphatic carbocycles. The van der Waals surface area contributed by atoms with Crippen LogP contribution in [0, 0.1) is 5.82 Å². The fraction of sp³-hybridized carbons (Fsp3) is 0.188. The highest BCUT2D eigenvalue weighted by atomic mass is 19.1. The third-order valence-electron chi connectivity index (χ3n) is 3.84. The van der Waals surface area contributed by atoms with Gasteiger partial charge in [-0.2, -0.15) is 5.10 Å². The molecule has 1 aromatic carbocycles. The van der Waals surface area contributed by atoms with E-state index in [1.807, 2.05) is 0 Å². The van der Waals surface area contributed by atoms with Gasteiger partial charge >= 0.3 is 0 Å². The third-order valence-corrected chi connectivity index (χ3v) is 3.84. The maximum atomic E-state index is 14.2. The number of amides is 1. The summed E-state index contributed by atoms with van der Waals surface area (Å²) >= 11 is 0. The summed E-state index contributed by atoms with van der Waals surface area (Å²) in [5, 5.41) is 9.55. The van der Waals surface area contributed by atoms with E-state index >= 15 is 0 Å². The van der Waals surface area contributed by atoms with Gasteiger partial charge in [0.05, 0.1) is 12.0 Å². The molecule has 2 N–H and O–H groups in total. The molecule has 0 unspecified atom stereocenters. The molecule has 116 valence electrons. The van der Waals surface area contributed by atoms with Crippen LogP contribution in [0.15, 0.2) is 43.0 Å². The first-order chi connectivity index (χ1) is 11.2. The van der Waals surface area contributed by atoms with Gasteiger partial charge in [-0.05, 0) is 37.1 Å². The molecular weight excluding hydrogens is 297 g/mol. The molecule has 0 bridgehead atoms. The average Bonchev–Trinajstić information content (AvgIpc) is 3.04. The van der Waals surface area contributed by atoms with E-state index in [0.717, 1.165) is 18.5 Å². The molecule has 3 aromatic rings. The highest BCUT2D eigenvalue weighted by Gasteiger charge is 2.26. The van der Waals surface area contributed by atoms with Crippen LogP contribution < -0.4 is 5.32 Å². The number of aromatic amines is 1. The van der Waals surface area contributed by atoms with Crippen LogP contribution in [-0.2, 0) is 0 Å². The van der Waals surface area contributed by atoms with Gasteiger partial charge in [0, 0.05) is 29.7 Å². The van der Waals surface area contributed by atoms with Crippen molar-refractivity contribution in [1.82, 2.24) is 19.7 Å². The molecule has 7 heteroatoms. The Morgan fingerprint density at radius 2 is 2.22 bits per heavy atom. The summed E-state index contributed by atoms with van der Waals surface area (Å²) in [7, 11) is 0. The van der Waals surface area contributed by atoms with Crippen molar-refractivity contribution >= 4 is 11.6 Å². The van der Waals surface area contributed by atoms with E-state index < -0.39 is 5.82 Å². The van der Waals surface area contributed by atoms with Crippen molar-refractivity contribution < 1.29 is 9.18 Å². The zero-order valence-corrected chi connectivity index (χ0v) is 12.2. The summed E-state index contributed by atoms with van der Waals surface area (Å²) in [5.41, 5.74) is 2.05. The number of carbonyl (C=O) groups is 1. The minimum atomic E-state index is -0.443. The summed E-state index contributed by atoms with van der Waals surface area (Å²) in [6, 6.07) is 6.27. The number of benzene rings is 1. The molecule has 0 saturated heterocycles. The molecule has 1 aliphatic rings. The highest BCUT2D eigenvalue weighted by Crippen LogP contribution is 2.39. The quantitative estimate of drug-likeness (QED) is 0.778. The number of hydrogen-bond donors (Lipinski definition) is 2. The molecule has 0 radical (unpaired) electrons. The van der Waals surface area contributed by atoms with Crippen LogP contribution in [0.25, 0.3) is 5.69 Å². The number of anilines is 1. The van der Waals surface area contributed by atoms with Gasteiger partial charge in [-0.1, -0.05) is 0 Å². The van der Waals surface area contributed by atoms with Crippen molar-refractivity contribution in [1.29, 1.82) is 0 Å². The normalized spacial score (nSPS) is 14.0. The van der Waals surface area contributed by atoms with E-state index in [-0.39, 0.29) is 5.91 Å². The van der Waals surface area contributed by atoms with Crippen molar-refractivity contribution in [2.45, 2.75) is 18.8 Å². The van der Waals surface area contributed by atoms with E-state index in [0.29, 0.717) is 23.0 Å². The number of imidazole rings is 1. The lowest BCUT2D eigenvalue weighted by Gasteiger charge is -2.07. The lowest BCUT2D eigenvalue weighted by Crippen LogP contribution is -2.12. The fourth-order valence-corrected chi connectivity index (χ4v) is 2.45. The number of hydrogen-bond acceptors (Lipinski definition) is 3. The Balaban J connectivity index is 1.51. The smallest absolute Gasteiger partial charge is 0.276 e. The zero-order chi connectivity index (χ0) is 15.8. The Labute approximate surface area is 131 Å². The minimum absolute atomic E-state index is 0.311. The van der Waals surface area contributed by atoms with Crippen molar-refractivity contribution in [2.75, 3.05) is 5.32 Å². The molecular formula is C16H14FN5O. The van der Waals surface area contributed by atoms with Gasteiger partial charge in [-0.3, -0.25) is 9.89 Å². The second-order valence-corrected chi connectivity index (χ2v) is 5.57. The number of nitrogens with one attached hydrogen (secondary N) is 2. The van der Waals surface area contributed by atoms with Crippen molar-refractivity contribution in [2.24, 2.45) is 0 Å². The summed E-state index contributed by atoms with van der Waals surface area (Å²) in [6.45, 7) is 0. The maximum absolute atomic E-state index is 14.2. The number of carbonyl (C=O) groups excluding carboxylic acids is 1. The highest BCUT2D eigenvalue weighted by molar-refractivity contribution is 6.02. The molecule has 0 aliphatic heterocycles. The molecule has 0 spiro atoms. The predicted octanol–water partition coefficient (Wildman–Crippen LogP) is 2.86. The summed E-state index contributed by atoms with van der Waals surface area (Å²) in [6.07, 6.45) is 7.00. The molecule has 4 rings (SSSR count). The number of H-pyrrole nitrogens is 1. The monoisotopic (exact) mass is 311 g/mol. The van der Waals surface area contributed by atoms with E-state index in [9.17, 15) is 9.18 Å². The van der Waals surface area contributed by atoms with Gasteiger partial charge in [0.15, 0.2) is 5.69 Å². The van der Waals surface area contributed by atoms with E-state index in [1.165, 1.54) is 12.4 Å². The van der Waals surface area contributed by atoms with Gasteiger partial charge in [-0.25, -0.2) is 9.37 Å². The van der Waals surface area contributed by atoms with Gasteiger partial charge < -0.3 is 9.88 Å². The third kappa shape index (κ3) is 2.73. The standard InChI is InChI=1S/C16H14FN5O/c17-12-7-11(3-4-15(12)22-6-5-18-9-22)19-16(23)14-8-13(20-21-14)10-1-2-10/h3-10H,1-2H2,(H,19,23)(H,20,21). The second-order valence-electron chi connectivity index (χ2n) is 5.57. The Hall–Kier alpha value is -2.96. The van der Waals surface area contributed by atoms with Gasteiger partial charge in [0.1, 0.15) is 5.82 Å². The minimum Gasteiger partial charge on any atom is -0.320 e. The van der Waals surface area contributed by atoms with Crippen LogP contribution in [0.1, 0.15) is 34.9 Å². The van der Waals surface area contributed by atoms with E-state index in [4.69, 9.17) is 0 Å². The molecule has 1 fully saturated rings. The predicted molar refractivity (Wildman–Crippen MR) is 82.0 cm³/mol. The molecule has 2 aromatic heterocycles. The number of aromatic nitrogens is 4. The van der Waals surface area contributed by atoms with Gasteiger partial charge in [-0.15, -0.1) is 0 Å². The van der Waals surface area contributed by atoms with Crippen LogP contribution in [0.3, 0.4) is 0 Å². The Morgan fingerprint density at radius 3 is 2.91 bits per heavy atom. The number of nitrogens with zero attached hydrogens (tertiary/aromatic N) is 3. The SMILES string of the molecule is O=C(Nc1ccc(-n2ccnc2)c(F)c1)c1cc(C2CC2)[nH]n1. The largest absolute Gasteiger partial charge is 0.320 e. The summed E-state index contributed by atoms with van der Waals surface area (Å²) in [4.78, 5) is 16.1. The zero-order valence-electron chi connectivity index (χ0n) is 12.2. The van der Waals surface area contributed by atoms with Crippen LogP contribution in [-0.4, -0.2) is 25.7 Å². The topological polar surface area (TPSA) is 75.6 Å². The fourth-order valence-electron chi connectivity index (χ4n) is 2.45. The lowest BCUT2D eigenvalue weighted by atomic mass is 10.2. The number of rotatable bonds is 4. The molecule has 6 nitrogen and oxygen atoms in total. The Kier molecular flexibility index (Phi) is 3.18. The Morgan fingerprint density at radius 1 is 1.35 bits per heavy atom. The molecule has 2 heterocycles. The van der Waals surface area contributed by atoms with Crippen LogP contribution in [0.2, 0.25) is 0 Å². The second kappa shape index (κ2) is 5.35. The number of halogens is 1. The van der Waals surface area contributed by atoms with Crippen molar-refractivity contribution in [3.8, 4) is 5.69 Å². The average molecular weight is 311 g/mol. The van der Waals surface area contributed by atoms with Crippen molar-refractivity contribution in [3.05, 3.63) is 60.2 Å². The van der Waals surface area contributed by atoms with E-state index in [1.54, 1.807) is 35.2 Å². The first kappa shape index (κ1) is 13.7. The first-order valence-electron chi connectivity index (χ1n) is 7.35. The molecule has 0 atom stereocenters. The summed E-state index contributed by atoms with van der Waals surface area (Å²) < 4.78 is 15.7. The lowest BCUT2D eigenvalue weighted by molar-refractivity contribution is 0.102. The van der Waals surface area contributed by atoms with Crippen molar-refractivity contribution in [3.63, 3.8) is 0 Å². The van der Waals surface area contributed by atoms with Crippen LogP contribution in [0.4, 0.5) is 10.1 Å².